The van der Waals surface area contributed by atoms with Crippen molar-refractivity contribution in [3.05, 3.63) is 58.9 Å². The van der Waals surface area contributed by atoms with E-state index in [0.717, 1.165) is 17.3 Å². The van der Waals surface area contributed by atoms with Crippen LogP contribution < -0.4 is 10.2 Å². The number of benzene rings is 1. The molecule has 2 saturated heterocycles. The second-order valence-electron chi connectivity index (χ2n) is 10.9. The van der Waals surface area contributed by atoms with Crippen molar-refractivity contribution in [3.63, 3.8) is 0 Å². The maximum absolute atomic E-state index is 14.3. The van der Waals surface area contributed by atoms with Gasteiger partial charge in [-0.15, -0.1) is 0 Å². The summed E-state index contributed by atoms with van der Waals surface area (Å²) in [5, 5.41) is 3.45. The van der Waals surface area contributed by atoms with Gasteiger partial charge in [0.05, 0.1) is 18.8 Å². The molecule has 10 heteroatoms. The van der Waals surface area contributed by atoms with Crippen molar-refractivity contribution in [2.24, 2.45) is 0 Å². The van der Waals surface area contributed by atoms with Crippen LogP contribution in [-0.2, 0) is 21.4 Å². The number of aromatic nitrogens is 1. The van der Waals surface area contributed by atoms with Gasteiger partial charge in [-0.3, -0.25) is 14.7 Å². The van der Waals surface area contributed by atoms with Crippen LogP contribution >= 0.6 is 0 Å². The van der Waals surface area contributed by atoms with Crippen LogP contribution in [-0.4, -0.2) is 84.7 Å². The molecule has 198 valence electrons. The van der Waals surface area contributed by atoms with E-state index in [1.165, 1.54) is 12.1 Å². The molecule has 0 spiro atoms. The van der Waals surface area contributed by atoms with E-state index in [1.54, 1.807) is 16.0 Å². The third-order valence-corrected chi connectivity index (χ3v) is 7.54. The molecule has 0 saturated carbocycles. The maximum Gasteiger partial charge on any atom is 0.409 e. The predicted octanol–water partition coefficient (Wildman–Crippen LogP) is 2.69. The van der Waals surface area contributed by atoms with Crippen molar-refractivity contribution < 1.29 is 23.1 Å². The molecule has 0 aliphatic carbocycles. The molecule has 2 atom stereocenters. The topological polar surface area (TPSA) is 78.0 Å². The largest absolute Gasteiger partial charge is 0.448 e. The average molecular weight is 514 g/mol. The molecule has 1 N–H and O–H groups in total. The lowest BCUT2D eigenvalue weighted by atomic mass is 9.88. The summed E-state index contributed by atoms with van der Waals surface area (Å²) < 4.78 is 32.7. The highest BCUT2D eigenvalue weighted by atomic mass is 19.1. The molecule has 1 aromatic carbocycles. The van der Waals surface area contributed by atoms with Crippen LogP contribution in [0.5, 0.6) is 0 Å². The minimum absolute atomic E-state index is 0.00432. The quantitative estimate of drug-likeness (QED) is 0.640. The number of piperazine rings is 1. The van der Waals surface area contributed by atoms with E-state index < -0.39 is 11.6 Å². The van der Waals surface area contributed by atoms with E-state index in [4.69, 9.17) is 4.74 Å². The van der Waals surface area contributed by atoms with Gasteiger partial charge in [0.15, 0.2) is 0 Å². The Balaban J connectivity index is 1.35. The van der Waals surface area contributed by atoms with Gasteiger partial charge in [-0.2, -0.15) is 0 Å². The third kappa shape index (κ3) is 5.31. The van der Waals surface area contributed by atoms with Crippen molar-refractivity contribution >= 4 is 17.7 Å². The molecule has 0 radical (unpaired) electrons. The van der Waals surface area contributed by atoms with Crippen molar-refractivity contribution in [3.8, 4) is 0 Å². The average Bonchev–Trinajstić information content (AvgIpc) is 3.36. The Morgan fingerprint density at radius 3 is 2.81 bits per heavy atom. The first-order valence-corrected chi connectivity index (χ1v) is 12.7. The summed E-state index contributed by atoms with van der Waals surface area (Å²) in [4.78, 5) is 35.9. The van der Waals surface area contributed by atoms with Gasteiger partial charge < -0.3 is 19.9 Å². The van der Waals surface area contributed by atoms with Crippen LogP contribution in [0.2, 0.25) is 0 Å². The molecule has 2 fully saturated rings. The molecule has 3 aliphatic rings. The summed E-state index contributed by atoms with van der Waals surface area (Å²) in [6.07, 6.45) is 1.66. The van der Waals surface area contributed by atoms with Crippen LogP contribution in [0, 0.1) is 11.6 Å². The molecule has 0 unspecified atom stereocenters. The predicted molar refractivity (Wildman–Crippen MR) is 135 cm³/mol. The minimum Gasteiger partial charge on any atom is -0.448 e. The molecule has 2 aromatic rings. The summed E-state index contributed by atoms with van der Waals surface area (Å²) in [5.74, 6) is -1.26. The number of pyridine rings is 1. The van der Waals surface area contributed by atoms with Crippen LogP contribution in [0.25, 0.3) is 0 Å². The lowest BCUT2D eigenvalue weighted by Crippen LogP contribution is -2.60. The zero-order valence-corrected chi connectivity index (χ0v) is 21.5. The van der Waals surface area contributed by atoms with Gasteiger partial charge in [-0.05, 0) is 24.6 Å². The molecule has 4 heterocycles. The molecule has 37 heavy (non-hydrogen) atoms. The molecule has 2 amide bonds. The fourth-order valence-electron chi connectivity index (χ4n) is 5.49. The second-order valence-corrected chi connectivity index (χ2v) is 10.9. The molecule has 1 aromatic heterocycles. The number of ether oxygens (including phenoxy) is 1. The van der Waals surface area contributed by atoms with Crippen molar-refractivity contribution in [2.45, 2.75) is 44.7 Å². The van der Waals surface area contributed by atoms with Crippen LogP contribution in [0.4, 0.5) is 19.3 Å². The Labute approximate surface area is 215 Å². The van der Waals surface area contributed by atoms with Gasteiger partial charge in [-0.1, -0.05) is 19.9 Å². The van der Waals surface area contributed by atoms with E-state index in [0.29, 0.717) is 50.6 Å². The fourth-order valence-corrected chi connectivity index (χ4v) is 5.49. The molecular weight excluding hydrogens is 480 g/mol. The summed E-state index contributed by atoms with van der Waals surface area (Å²) in [6.45, 7) is 9.80. The van der Waals surface area contributed by atoms with Crippen LogP contribution in [0.3, 0.4) is 0 Å². The van der Waals surface area contributed by atoms with E-state index in [1.807, 2.05) is 6.07 Å². The summed E-state index contributed by atoms with van der Waals surface area (Å²) in [6, 6.07) is 5.59. The molecule has 5 rings (SSSR count). The Morgan fingerprint density at radius 1 is 1.27 bits per heavy atom. The van der Waals surface area contributed by atoms with Gasteiger partial charge in [-0.25, -0.2) is 13.6 Å². The zero-order chi connectivity index (χ0) is 26.3. The highest BCUT2D eigenvalue weighted by molar-refractivity contribution is 5.97. The summed E-state index contributed by atoms with van der Waals surface area (Å²) in [7, 11) is 0. The summed E-state index contributed by atoms with van der Waals surface area (Å²) >= 11 is 0. The minimum atomic E-state index is -0.621. The number of fused-ring (bicyclic) bond motifs is 1. The molecular formula is C27H33F2N5O3. The highest BCUT2D eigenvalue weighted by Gasteiger charge is 2.40. The van der Waals surface area contributed by atoms with Gasteiger partial charge in [0.1, 0.15) is 18.2 Å². The Hall–Kier alpha value is -3.11. The molecule has 3 aliphatic heterocycles. The number of nitrogens with zero attached hydrogens (tertiary/aromatic N) is 4. The molecule has 0 bridgehead atoms. The maximum atomic E-state index is 14.3. The first-order valence-electron chi connectivity index (χ1n) is 12.7. The van der Waals surface area contributed by atoms with Gasteiger partial charge in [0, 0.05) is 73.6 Å². The SMILES string of the molecule is C[C@@H]1CN(CC(=O)N2CC(C)(C)c3cnc(Cc4ccc(F)cc4F)cc32)[C@@H](CN2CCOC2=O)CN1. The zero-order valence-electron chi connectivity index (χ0n) is 21.5. The van der Waals surface area contributed by atoms with Crippen molar-refractivity contribution in [2.75, 3.05) is 50.8 Å². The lowest BCUT2D eigenvalue weighted by molar-refractivity contribution is -0.120. The number of carbonyl (C=O) groups is 2. The number of halogens is 2. The first kappa shape index (κ1) is 25.5. The number of hydrogen-bond donors (Lipinski definition) is 1. The number of nitrogens with one attached hydrogen (secondary N) is 1. The van der Waals surface area contributed by atoms with Gasteiger partial charge in [0.25, 0.3) is 0 Å². The van der Waals surface area contributed by atoms with E-state index in [2.05, 4.69) is 36.0 Å². The number of anilines is 1. The number of hydrogen-bond acceptors (Lipinski definition) is 6. The van der Waals surface area contributed by atoms with Crippen LogP contribution in [0.15, 0.2) is 30.5 Å². The van der Waals surface area contributed by atoms with Crippen LogP contribution in [0.1, 0.15) is 37.6 Å². The third-order valence-electron chi connectivity index (χ3n) is 7.54. The van der Waals surface area contributed by atoms with E-state index in [9.17, 15) is 18.4 Å². The highest BCUT2D eigenvalue weighted by Crippen LogP contribution is 2.40. The van der Waals surface area contributed by atoms with E-state index in [-0.39, 0.29) is 42.5 Å². The Bertz CT molecular complexity index is 1210. The number of cyclic esters (lactones) is 1. The second kappa shape index (κ2) is 9.98. The normalized spacial score (nSPS) is 23.3. The standard InChI is InChI=1S/C27H33F2N5O3/c1-17-13-33(21(11-30-17)14-32-6-7-37-26(32)36)15-25(35)34-16-27(2,3)22-12-31-20(10-24(22)34)8-18-4-5-19(28)9-23(18)29/h4-5,9-10,12,17,21,30H,6-8,11,13-16H2,1-3H3/t17-,21-/m1/s1. The number of rotatable bonds is 6. The lowest BCUT2D eigenvalue weighted by Gasteiger charge is -2.40. The molecule has 8 nitrogen and oxygen atoms in total. The van der Waals surface area contributed by atoms with Crippen molar-refractivity contribution in [1.29, 1.82) is 0 Å². The smallest absolute Gasteiger partial charge is 0.409 e. The number of amides is 2. The first-order chi connectivity index (χ1) is 17.6. The van der Waals surface area contributed by atoms with Gasteiger partial charge >= 0.3 is 6.09 Å². The number of carbonyl (C=O) groups excluding carboxylic acids is 2. The summed E-state index contributed by atoms with van der Waals surface area (Å²) in [5.41, 5.74) is 2.43. The van der Waals surface area contributed by atoms with Gasteiger partial charge in [0.2, 0.25) is 5.91 Å². The Kier molecular flexibility index (Phi) is 6.89. The van der Waals surface area contributed by atoms with E-state index >= 15 is 0 Å². The fraction of sp³-hybridized carbons (Fsp3) is 0.519. The van der Waals surface area contributed by atoms with Crippen molar-refractivity contribution in [1.82, 2.24) is 20.1 Å². The Morgan fingerprint density at radius 2 is 2.08 bits per heavy atom. The monoisotopic (exact) mass is 513 g/mol.